The van der Waals surface area contributed by atoms with Crippen LogP contribution in [0.4, 0.5) is 11.4 Å². The molecule has 2 saturated heterocycles. The molecule has 14 heteroatoms. The van der Waals surface area contributed by atoms with Crippen molar-refractivity contribution in [1.82, 2.24) is 14.5 Å². The van der Waals surface area contributed by atoms with Gasteiger partial charge in [0, 0.05) is 59.5 Å². The van der Waals surface area contributed by atoms with Crippen molar-refractivity contribution in [2.45, 2.75) is 47.6 Å². The van der Waals surface area contributed by atoms with Crippen LogP contribution < -0.4 is 10.0 Å². The number of sulfonamides is 1. The van der Waals surface area contributed by atoms with E-state index in [1.165, 1.54) is 23.3 Å². The van der Waals surface area contributed by atoms with Gasteiger partial charge < -0.3 is 10.1 Å². The molecule has 308 valence electrons. The quantitative estimate of drug-likeness (QED) is 0.0564. The topological polar surface area (TPSA) is 134 Å². The van der Waals surface area contributed by atoms with Crippen LogP contribution in [0.1, 0.15) is 46.7 Å². The number of benzene rings is 5. The third kappa shape index (κ3) is 11.5. The predicted octanol–water partition coefficient (Wildman–Crippen LogP) is 8.71. The minimum atomic E-state index is -4.43. The van der Waals surface area contributed by atoms with E-state index in [1.54, 1.807) is 23.9 Å². The van der Waals surface area contributed by atoms with E-state index in [4.69, 9.17) is 16.3 Å². The van der Waals surface area contributed by atoms with E-state index in [0.717, 1.165) is 74.2 Å². The first kappa shape index (κ1) is 42.4. The van der Waals surface area contributed by atoms with Crippen LogP contribution in [0.15, 0.2) is 131 Å². The molecule has 0 bridgehead atoms. The summed E-state index contributed by atoms with van der Waals surface area (Å²) in [5, 5.41) is 16.3. The number of piperidine rings is 1. The zero-order chi connectivity index (χ0) is 41.2. The van der Waals surface area contributed by atoms with Crippen molar-refractivity contribution in [1.29, 1.82) is 0 Å². The fraction of sp³-hybridized carbons (Fsp3) is 0.311. The lowest BCUT2D eigenvalue weighted by Crippen LogP contribution is -2.39. The van der Waals surface area contributed by atoms with Crippen molar-refractivity contribution < 1.29 is 22.9 Å². The summed E-state index contributed by atoms with van der Waals surface area (Å²) >= 11 is 7.77. The maximum absolute atomic E-state index is 13.4. The third-order valence-corrected chi connectivity index (χ3v) is 13.7. The van der Waals surface area contributed by atoms with Crippen LogP contribution in [-0.2, 0) is 21.3 Å². The number of hydrogen-bond donors (Lipinski definition) is 2. The maximum Gasteiger partial charge on any atom is 0.293 e. The number of nitrogens with zero attached hydrogens (tertiary/aromatic N) is 3. The molecule has 7 rings (SSSR count). The van der Waals surface area contributed by atoms with E-state index in [-0.39, 0.29) is 27.9 Å². The summed E-state index contributed by atoms with van der Waals surface area (Å²) in [4.78, 5) is 30.4. The second-order valence-electron chi connectivity index (χ2n) is 14.9. The Morgan fingerprint density at radius 2 is 1.56 bits per heavy atom. The molecule has 0 spiro atoms. The predicted molar refractivity (Wildman–Crippen MR) is 235 cm³/mol. The lowest BCUT2D eigenvalue weighted by atomic mass is 9.88. The van der Waals surface area contributed by atoms with Crippen LogP contribution in [0.2, 0.25) is 5.02 Å². The van der Waals surface area contributed by atoms with Crippen molar-refractivity contribution in [3.05, 3.63) is 153 Å². The van der Waals surface area contributed by atoms with Gasteiger partial charge in [0.15, 0.2) is 0 Å². The Morgan fingerprint density at radius 3 is 2.27 bits per heavy atom. The van der Waals surface area contributed by atoms with Gasteiger partial charge in [-0.2, -0.15) is 0 Å². The van der Waals surface area contributed by atoms with Crippen LogP contribution in [0.5, 0.6) is 0 Å². The molecule has 1 amide bonds. The van der Waals surface area contributed by atoms with E-state index in [2.05, 4.69) is 44.1 Å². The van der Waals surface area contributed by atoms with Gasteiger partial charge >= 0.3 is 0 Å². The third-order valence-electron chi connectivity index (χ3n) is 11.0. The number of rotatable bonds is 16. The fourth-order valence-electron chi connectivity index (χ4n) is 7.63. The molecule has 11 nitrogen and oxygen atoms in total. The molecule has 0 aliphatic carbocycles. The summed E-state index contributed by atoms with van der Waals surface area (Å²) in [6.07, 6.45) is 2.62. The van der Waals surface area contributed by atoms with Gasteiger partial charge in [-0.25, -0.2) is 13.1 Å². The standard InChI is InChI=1S/C45H48ClN5O6S2/c46-38-16-14-35(15-17-38)42-9-5-4-6-37(42)31-50-23-20-34(21-24-50)33-10-12-36(13-11-33)45(52)48-59(55,56)41-18-19-43(44(30-41)51(53)54)47-39(22-25-49-26-28-57-29-27-49)32-58-40-7-2-1-3-8-40/h1-19,30,34,39,47H,20-29,31-32H2,(H,48,52)/t39-/m1/s1. The first-order valence-electron chi connectivity index (χ1n) is 19.9. The Kier molecular flexibility index (Phi) is 14.4. The number of morpholine rings is 1. The Labute approximate surface area is 355 Å². The fourth-order valence-corrected chi connectivity index (χ4v) is 9.74. The molecule has 0 aromatic heterocycles. The van der Waals surface area contributed by atoms with E-state index in [9.17, 15) is 23.3 Å². The average Bonchev–Trinajstić information content (AvgIpc) is 3.26. The summed E-state index contributed by atoms with van der Waals surface area (Å²) < 4.78 is 34.5. The molecule has 59 heavy (non-hydrogen) atoms. The van der Waals surface area contributed by atoms with Crippen LogP contribution in [0.3, 0.4) is 0 Å². The molecular formula is C45H48ClN5O6S2. The average molecular weight is 854 g/mol. The highest BCUT2D eigenvalue weighted by molar-refractivity contribution is 7.99. The number of amides is 1. The summed E-state index contributed by atoms with van der Waals surface area (Å²) in [6.45, 7) is 6.45. The van der Waals surface area contributed by atoms with Crippen molar-refractivity contribution in [2.24, 2.45) is 0 Å². The van der Waals surface area contributed by atoms with E-state index >= 15 is 0 Å². The van der Waals surface area contributed by atoms with Gasteiger partial charge in [0.25, 0.3) is 21.6 Å². The number of halogens is 1. The lowest BCUT2D eigenvalue weighted by Gasteiger charge is -2.32. The molecule has 2 aliphatic rings. The van der Waals surface area contributed by atoms with Crippen LogP contribution >= 0.6 is 23.4 Å². The van der Waals surface area contributed by atoms with E-state index < -0.39 is 20.9 Å². The van der Waals surface area contributed by atoms with Crippen molar-refractivity contribution >= 4 is 50.7 Å². The number of likely N-dealkylation sites (tertiary alicyclic amines) is 1. The smallest absolute Gasteiger partial charge is 0.293 e. The zero-order valence-corrected chi connectivity index (χ0v) is 35.1. The van der Waals surface area contributed by atoms with Crippen molar-refractivity contribution in [3.8, 4) is 11.1 Å². The van der Waals surface area contributed by atoms with Gasteiger partial charge in [-0.15, -0.1) is 11.8 Å². The summed E-state index contributed by atoms with van der Waals surface area (Å²) in [7, 11) is -4.43. The monoisotopic (exact) mass is 853 g/mol. The number of nitrogens with one attached hydrogen (secondary N) is 2. The summed E-state index contributed by atoms with van der Waals surface area (Å²) in [5.74, 6) is 0.138. The number of nitro benzene ring substituents is 1. The zero-order valence-electron chi connectivity index (χ0n) is 32.7. The minimum Gasteiger partial charge on any atom is -0.379 e. The number of ether oxygens (including phenoxy) is 1. The van der Waals surface area contributed by atoms with Gasteiger partial charge in [0.1, 0.15) is 5.69 Å². The second-order valence-corrected chi connectivity index (χ2v) is 18.1. The number of thioether (sulfide) groups is 1. The van der Waals surface area contributed by atoms with Crippen LogP contribution in [0, 0.1) is 10.1 Å². The number of carbonyl (C=O) groups is 1. The van der Waals surface area contributed by atoms with Crippen molar-refractivity contribution in [3.63, 3.8) is 0 Å². The molecule has 5 aromatic rings. The van der Waals surface area contributed by atoms with Gasteiger partial charge in [0.2, 0.25) is 0 Å². The highest BCUT2D eigenvalue weighted by Crippen LogP contribution is 2.33. The minimum absolute atomic E-state index is 0.150. The van der Waals surface area contributed by atoms with E-state index in [0.29, 0.717) is 36.3 Å². The lowest BCUT2D eigenvalue weighted by molar-refractivity contribution is -0.384. The van der Waals surface area contributed by atoms with Crippen molar-refractivity contribution in [2.75, 3.05) is 57.0 Å². The molecule has 5 aromatic carbocycles. The Balaban J connectivity index is 0.958. The number of hydrogen-bond acceptors (Lipinski definition) is 10. The SMILES string of the molecule is O=C(NS(=O)(=O)c1ccc(N[C@H](CCN2CCOCC2)CSc2ccccc2)c([N+](=O)[O-])c1)c1ccc(C2CCN(Cc3ccccc3-c3ccc(Cl)cc3)CC2)cc1. The number of anilines is 1. The van der Waals surface area contributed by atoms with Crippen LogP contribution in [0.25, 0.3) is 11.1 Å². The highest BCUT2D eigenvalue weighted by atomic mass is 35.5. The molecule has 2 aliphatic heterocycles. The van der Waals surface area contributed by atoms with Gasteiger partial charge in [-0.3, -0.25) is 24.7 Å². The molecule has 2 fully saturated rings. The number of carbonyl (C=O) groups excluding carboxylic acids is 1. The molecule has 1 atom stereocenters. The Hall–Kier alpha value is -4.76. The Morgan fingerprint density at radius 1 is 0.864 bits per heavy atom. The first-order chi connectivity index (χ1) is 28.6. The normalized spacial score (nSPS) is 16.0. The van der Waals surface area contributed by atoms with Gasteiger partial charge in [-0.1, -0.05) is 78.3 Å². The molecule has 2 heterocycles. The van der Waals surface area contributed by atoms with Gasteiger partial charge in [-0.05, 0) is 109 Å². The van der Waals surface area contributed by atoms with Crippen LogP contribution in [-0.4, -0.2) is 86.8 Å². The summed E-state index contributed by atoms with van der Waals surface area (Å²) in [5.41, 5.74) is 4.70. The Bertz CT molecular complexity index is 2300. The van der Waals surface area contributed by atoms with Gasteiger partial charge in [0.05, 0.1) is 23.0 Å². The molecule has 2 N–H and O–H groups in total. The molecule has 0 unspecified atom stereocenters. The molecular weight excluding hydrogens is 806 g/mol. The largest absolute Gasteiger partial charge is 0.379 e. The second kappa shape index (κ2) is 20.0. The first-order valence-corrected chi connectivity index (χ1v) is 22.7. The summed E-state index contributed by atoms with van der Waals surface area (Å²) in [6, 6.07) is 36.9. The number of nitro groups is 1. The molecule has 0 saturated carbocycles. The molecule has 0 radical (unpaired) electrons. The maximum atomic E-state index is 13.4. The van der Waals surface area contributed by atoms with E-state index in [1.807, 2.05) is 66.7 Å². The highest BCUT2D eigenvalue weighted by Gasteiger charge is 2.27.